The molecule has 1 amide bonds. The molecule has 0 aliphatic heterocycles. The van der Waals surface area contributed by atoms with Gasteiger partial charge >= 0.3 is 0 Å². The first-order valence-electron chi connectivity index (χ1n) is 8.86. The van der Waals surface area contributed by atoms with Gasteiger partial charge in [-0.3, -0.25) is 9.52 Å². The Morgan fingerprint density at radius 2 is 1.84 bits per heavy atom. The van der Waals surface area contributed by atoms with E-state index in [1.807, 2.05) is 0 Å². The van der Waals surface area contributed by atoms with Crippen LogP contribution in [0.3, 0.4) is 0 Å². The number of carbonyl (C=O) groups is 1. The second kappa shape index (κ2) is 8.49. The molecular weight excluding hydrogens is 440 g/mol. The molecule has 0 unspecified atom stereocenters. The number of amides is 1. The molecule has 1 aromatic carbocycles. The van der Waals surface area contributed by atoms with Crippen LogP contribution in [0.1, 0.15) is 6.92 Å². The molecule has 0 aliphatic rings. The number of carbonyl (C=O) groups excluding carboxylic acids is 1. The molecule has 0 radical (unpaired) electrons. The number of anilines is 4. The van der Waals surface area contributed by atoms with Gasteiger partial charge in [0.15, 0.2) is 21.0 Å². The van der Waals surface area contributed by atoms with Gasteiger partial charge in [0.05, 0.1) is 6.20 Å². The van der Waals surface area contributed by atoms with Gasteiger partial charge in [0.2, 0.25) is 5.91 Å². The van der Waals surface area contributed by atoms with Crippen molar-refractivity contribution in [2.45, 2.75) is 11.1 Å². The van der Waals surface area contributed by atoms with E-state index in [2.05, 4.69) is 35.6 Å². The molecule has 0 aliphatic carbocycles. The Labute approximate surface area is 181 Å². The predicted octanol–water partition coefficient (Wildman–Crippen LogP) is 2.62. The minimum absolute atomic E-state index is 0.00834. The van der Waals surface area contributed by atoms with Crippen molar-refractivity contribution in [1.29, 1.82) is 0 Å². The van der Waals surface area contributed by atoms with Crippen LogP contribution in [-0.2, 0) is 14.8 Å². The standard InChI is InChI=1S/C18H16N8O3S2/c1-12(27)21-18-19-11-17(30-18)31(28,29)25-14-5-3-13(4-6-14)22-15-7-8-16(24-23-15)26-10-2-9-20-26/h2-11,25H,1H3,(H,22,23)(H,19,21,27). The van der Waals surface area contributed by atoms with Crippen LogP contribution in [0.25, 0.3) is 5.82 Å². The fraction of sp³-hybridized carbons (Fsp3) is 0.0556. The summed E-state index contributed by atoms with van der Waals surface area (Å²) >= 11 is 0.865. The van der Waals surface area contributed by atoms with E-state index in [0.717, 1.165) is 11.3 Å². The normalized spacial score (nSPS) is 11.1. The van der Waals surface area contributed by atoms with E-state index in [4.69, 9.17) is 0 Å². The average molecular weight is 457 g/mol. The Balaban J connectivity index is 1.41. The number of nitrogens with zero attached hydrogens (tertiary/aromatic N) is 5. The van der Waals surface area contributed by atoms with Gasteiger partial charge in [-0.2, -0.15) is 5.10 Å². The first-order chi connectivity index (χ1) is 14.9. The molecule has 0 saturated carbocycles. The van der Waals surface area contributed by atoms with E-state index in [0.29, 0.717) is 23.0 Å². The third kappa shape index (κ3) is 5.02. The summed E-state index contributed by atoms with van der Waals surface area (Å²) in [6.45, 7) is 1.32. The van der Waals surface area contributed by atoms with Gasteiger partial charge in [0.25, 0.3) is 10.0 Å². The fourth-order valence-electron chi connectivity index (χ4n) is 2.49. The maximum atomic E-state index is 12.5. The van der Waals surface area contributed by atoms with E-state index in [-0.39, 0.29) is 15.2 Å². The molecule has 0 saturated heterocycles. The molecule has 158 valence electrons. The molecule has 0 spiro atoms. The molecular formula is C18H16N8O3S2. The number of rotatable bonds is 7. The first-order valence-corrected chi connectivity index (χ1v) is 11.2. The van der Waals surface area contributed by atoms with E-state index in [1.165, 1.54) is 13.1 Å². The zero-order chi connectivity index (χ0) is 21.8. The lowest BCUT2D eigenvalue weighted by Crippen LogP contribution is -2.11. The number of hydrogen-bond donors (Lipinski definition) is 3. The quantitative estimate of drug-likeness (QED) is 0.385. The summed E-state index contributed by atoms with van der Waals surface area (Å²) in [5.74, 6) is 0.791. The number of aromatic nitrogens is 5. The molecule has 13 heteroatoms. The molecule has 11 nitrogen and oxygen atoms in total. The van der Waals surface area contributed by atoms with Crippen LogP contribution < -0.4 is 15.4 Å². The molecule has 4 aromatic rings. The van der Waals surface area contributed by atoms with Crippen LogP contribution in [0, 0.1) is 0 Å². The lowest BCUT2D eigenvalue weighted by atomic mass is 10.3. The second-order valence-corrected chi connectivity index (χ2v) is 9.14. The number of nitrogens with one attached hydrogen (secondary N) is 3. The van der Waals surface area contributed by atoms with Crippen molar-refractivity contribution in [3.05, 3.63) is 61.1 Å². The van der Waals surface area contributed by atoms with Gasteiger partial charge in [-0.15, -0.1) is 10.2 Å². The zero-order valence-electron chi connectivity index (χ0n) is 16.1. The monoisotopic (exact) mass is 456 g/mol. The molecule has 3 heterocycles. The Bertz CT molecular complexity index is 1280. The summed E-state index contributed by atoms with van der Waals surface area (Å²) in [6.07, 6.45) is 4.62. The smallest absolute Gasteiger partial charge is 0.273 e. The van der Waals surface area contributed by atoms with Gasteiger partial charge < -0.3 is 10.6 Å². The molecule has 3 aromatic heterocycles. The number of thiazole rings is 1. The number of hydrogen-bond acceptors (Lipinski definition) is 9. The van der Waals surface area contributed by atoms with Crippen LogP contribution in [0.15, 0.2) is 65.3 Å². The van der Waals surface area contributed by atoms with Gasteiger partial charge in [-0.05, 0) is 42.5 Å². The van der Waals surface area contributed by atoms with Crippen molar-refractivity contribution < 1.29 is 13.2 Å². The minimum Gasteiger partial charge on any atom is -0.339 e. The maximum absolute atomic E-state index is 12.5. The minimum atomic E-state index is -3.82. The van der Waals surface area contributed by atoms with Gasteiger partial charge in [0.1, 0.15) is 0 Å². The number of benzene rings is 1. The summed E-state index contributed by atoms with van der Waals surface area (Å²) in [6, 6.07) is 12.0. The topological polar surface area (TPSA) is 144 Å². The van der Waals surface area contributed by atoms with Gasteiger partial charge in [0, 0.05) is 30.7 Å². The predicted molar refractivity (Wildman–Crippen MR) is 116 cm³/mol. The highest BCUT2D eigenvalue weighted by molar-refractivity contribution is 7.94. The highest BCUT2D eigenvalue weighted by atomic mass is 32.2. The van der Waals surface area contributed by atoms with Crippen LogP contribution in [0.4, 0.5) is 22.3 Å². The van der Waals surface area contributed by atoms with E-state index in [9.17, 15) is 13.2 Å². The van der Waals surface area contributed by atoms with Crippen LogP contribution in [0.2, 0.25) is 0 Å². The molecule has 0 atom stereocenters. The van der Waals surface area contributed by atoms with E-state index in [1.54, 1.807) is 59.5 Å². The van der Waals surface area contributed by atoms with Gasteiger partial charge in [-0.1, -0.05) is 11.3 Å². The highest BCUT2D eigenvalue weighted by Crippen LogP contribution is 2.26. The summed E-state index contributed by atoms with van der Waals surface area (Å²) in [7, 11) is -3.82. The molecule has 0 fully saturated rings. The van der Waals surface area contributed by atoms with Crippen molar-refractivity contribution in [2.75, 3.05) is 15.4 Å². The first kappa shape index (κ1) is 20.4. The summed E-state index contributed by atoms with van der Waals surface area (Å²) in [5.41, 5.74) is 1.08. The third-order valence-corrected chi connectivity index (χ3v) is 6.59. The maximum Gasteiger partial charge on any atom is 0.273 e. The fourth-order valence-corrected chi connectivity index (χ4v) is 4.62. The van der Waals surface area contributed by atoms with E-state index < -0.39 is 10.0 Å². The second-order valence-electron chi connectivity index (χ2n) is 6.20. The molecule has 0 bridgehead atoms. The Morgan fingerprint density at radius 3 is 2.48 bits per heavy atom. The summed E-state index contributed by atoms with van der Waals surface area (Å²) < 4.78 is 29.1. The zero-order valence-corrected chi connectivity index (χ0v) is 17.7. The lowest BCUT2D eigenvalue weighted by Gasteiger charge is -2.09. The van der Waals surface area contributed by atoms with Crippen molar-refractivity contribution in [2.24, 2.45) is 0 Å². The highest BCUT2D eigenvalue weighted by Gasteiger charge is 2.18. The Hall–Kier alpha value is -3.84. The van der Waals surface area contributed by atoms with Crippen molar-refractivity contribution in [1.82, 2.24) is 25.0 Å². The average Bonchev–Trinajstić information content (AvgIpc) is 3.42. The Kier molecular flexibility index (Phi) is 5.60. The van der Waals surface area contributed by atoms with Crippen molar-refractivity contribution in [3.63, 3.8) is 0 Å². The van der Waals surface area contributed by atoms with Crippen LogP contribution in [-0.4, -0.2) is 39.3 Å². The molecule has 31 heavy (non-hydrogen) atoms. The Morgan fingerprint density at radius 1 is 1.06 bits per heavy atom. The molecule has 3 N–H and O–H groups in total. The lowest BCUT2D eigenvalue weighted by molar-refractivity contribution is -0.114. The van der Waals surface area contributed by atoms with Crippen molar-refractivity contribution in [3.8, 4) is 5.82 Å². The van der Waals surface area contributed by atoms with Crippen LogP contribution in [0.5, 0.6) is 0 Å². The largest absolute Gasteiger partial charge is 0.339 e. The van der Waals surface area contributed by atoms with Gasteiger partial charge in [-0.25, -0.2) is 18.1 Å². The summed E-state index contributed by atoms with van der Waals surface area (Å²) in [5, 5.41) is 18.1. The third-order valence-electron chi connectivity index (χ3n) is 3.83. The van der Waals surface area contributed by atoms with Crippen molar-refractivity contribution >= 4 is 49.6 Å². The summed E-state index contributed by atoms with van der Waals surface area (Å²) in [4.78, 5) is 15.0. The van der Waals surface area contributed by atoms with Crippen LogP contribution >= 0.6 is 11.3 Å². The van der Waals surface area contributed by atoms with E-state index >= 15 is 0 Å². The molecule has 4 rings (SSSR count). The number of sulfonamides is 1. The SMILES string of the molecule is CC(=O)Nc1ncc(S(=O)(=O)Nc2ccc(Nc3ccc(-n4cccn4)nn3)cc2)s1.